The molecule has 4 rings (SSSR count). The fraction of sp³-hybridized carbons (Fsp3) is 1.00. The fourth-order valence-corrected chi connectivity index (χ4v) is 5.42. The summed E-state index contributed by atoms with van der Waals surface area (Å²) in [5.41, 5.74) is 0. The van der Waals surface area contributed by atoms with Crippen molar-refractivity contribution in [3.05, 3.63) is 0 Å². The summed E-state index contributed by atoms with van der Waals surface area (Å²) in [7, 11) is 4.19. The van der Waals surface area contributed by atoms with Gasteiger partial charge in [0.2, 0.25) is 0 Å². The van der Waals surface area contributed by atoms with Crippen molar-refractivity contribution in [2.45, 2.75) is 56.2 Å². The van der Waals surface area contributed by atoms with E-state index in [0.717, 1.165) is 6.42 Å². The molecule has 0 aromatic rings. The van der Waals surface area contributed by atoms with Gasteiger partial charge in [-0.25, -0.2) is 0 Å². The second kappa shape index (κ2) is 6.94. The van der Waals surface area contributed by atoms with Gasteiger partial charge in [-0.1, -0.05) is 0 Å². The number of likely N-dealkylation sites (tertiary alicyclic amines) is 1. The van der Waals surface area contributed by atoms with E-state index in [4.69, 9.17) is 14.2 Å². The van der Waals surface area contributed by atoms with Crippen LogP contribution < -0.4 is 15.5 Å². The zero-order valence-electron chi connectivity index (χ0n) is 14.5. The van der Waals surface area contributed by atoms with Crippen LogP contribution in [0.4, 0.5) is 0 Å². The van der Waals surface area contributed by atoms with Gasteiger partial charge < -0.3 is 24.4 Å². The summed E-state index contributed by atoms with van der Waals surface area (Å²) in [5.74, 6) is 1.22. The summed E-state index contributed by atoms with van der Waals surface area (Å²) >= 11 is 0. The van der Waals surface area contributed by atoms with E-state index < -0.39 is 0 Å². The first kappa shape index (κ1) is 16.2. The van der Waals surface area contributed by atoms with E-state index in [1.165, 1.54) is 38.9 Å². The molecule has 0 radical (unpaired) electrons. The molecule has 0 bridgehead atoms. The Labute approximate surface area is 139 Å². The topological polar surface area (TPSA) is 60.8 Å². The molecule has 0 amide bonds. The number of ether oxygens (including phenoxy) is 3. The van der Waals surface area contributed by atoms with E-state index in [-0.39, 0.29) is 18.3 Å². The van der Waals surface area contributed by atoms with Gasteiger partial charge in [-0.2, -0.15) is 0 Å². The van der Waals surface area contributed by atoms with Crippen molar-refractivity contribution in [2.75, 3.05) is 40.6 Å². The Bertz CT molecular complexity index is 405. The third kappa shape index (κ3) is 3.05. The van der Waals surface area contributed by atoms with Crippen LogP contribution in [-0.2, 0) is 14.2 Å². The smallest absolute Gasteiger partial charge is 0.147 e. The largest absolute Gasteiger partial charge is 0.378 e. The van der Waals surface area contributed by atoms with E-state index in [1.54, 1.807) is 4.90 Å². The summed E-state index contributed by atoms with van der Waals surface area (Å²) in [6.07, 6.45) is 5.98. The maximum atomic E-state index is 5.98. The molecule has 1 saturated carbocycles. The third-order valence-electron chi connectivity index (χ3n) is 6.64. The lowest BCUT2D eigenvalue weighted by molar-refractivity contribution is -0.922. The van der Waals surface area contributed by atoms with Crippen LogP contribution in [0.3, 0.4) is 0 Å². The maximum absolute atomic E-state index is 5.98. The number of nitrogens with one attached hydrogen (secondary N) is 2. The third-order valence-corrected chi connectivity index (χ3v) is 6.64. The minimum absolute atomic E-state index is 0.121. The van der Waals surface area contributed by atoms with Gasteiger partial charge in [0.05, 0.1) is 44.8 Å². The number of nitrogens with two attached hydrogens (primary N) is 1. The molecule has 4 fully saturated rings. The summed E-state index contributed by atoms with van der Waals surface area (Å²) in [6.45, 7) is 4.19. The molecule has 1 aliphatic carbocycles. The van der Waals surface area contributed by atoms with Crippen LogP contribution in [0, 0.1) is 11.8 Å². The molecule has 23 heavy (non-hydrogen) atoms. The highest BCUT2D eigenvalue weighted by atomic mass is 16.7. The first-order valence-electron chi connectivity index (χ1n) is 9.44. The van der Waals surface area contributed by atoms with Crippen molar-refractivity contribution in [1.29, 1.82) is 0 Å². The zero-order chi connectivity index (χ0) is 15.8. The zero-order valence-corrected chi connectivity index (χ0v) is 14.5. The predicted octanol–water partition coefficient (Wildman–Crippen LogP) is -2.06. The number of hydrogen-bond donors (Lipinski definition) is 3. The molecule has 0 spiro atoms. The van der Waals surface area contributed by atoms with Gasteiger partial charge >= 0.3 is 0 Å². The summed E-state index contributed by atoms with van der Waals surface area (Å²) < 4.78 is 17.7. The average molecular weight is 327 g/mol. The second-order valence-electron chi connectivity index (χ2n) is 7.90. The van der Waals surface area contributed by atoms with E-state index in [1.807, 2.05) is 7.11 Å². The Hall–Kier alpha value is -0.240. The quantitative estimate of drug-likeness (QED) is 0.558. The van der Waals surface area contributed by atoms with Crippen LogP contribution in [0.25, 0.3) is 0 Å². The Kier molecular flexibility index (Phi) is 4.90. The van der Waals surface area contributed by atoms with Crippen molar-refractivity contribution < 1.29 is 24.4 Å². The van der Waals surface area contributed by atoms with Crippen LogP contribution in [0.15, 0.2) is 0 Å². The number of piperidine rings is 2. The lowest BCUT2D eigenvalue weighted by Crippen LogP contribution is -3.18. The van der Waals surface area contributed by atoms with E-state index >= 15 is 0 Å². The minimum atomic E-state index is 0.121. The van der Waals surface area contributed by atoms with Crippen molar-refractivity contribution in [2.24, 2.45) is 11.8 Å². The van der Waals surface area contributed by atoms with Crippen LogP contribution >= 0.6 is 0 Å². The van der Waals surface area contributed by atoms with Crippen LogP contribution in [0.1, 0.15) is 25.7 Å². The Morgan fingerprint density at radius 2 is 2.00 bits per heavy atom. The highest BCUT2D eigenvalue weighted by Crippen LogP contribution is 2.41. The van der Waals surface area contributed by atoms with Gasteiger partial charge in [-0.3, -0.25) is 5.32 Å². The molecular formula is C17H33N3O3+2. The number of rotatable bonds is 3. The van der Waals surface area contributed by atoms with Gasteiger partial charge in [0.15, 0.2) is 0 Å². The van der Waals surface area contributed by atoms with Gasteiger partial charge in [-0.05, 0) is 12.3 Å². The van der Waals surface area contributed by atoms with E-state index in [2.05, 4.69) is 17.7 Å². The fourth-order valence-electron chi connectivity index (χ4n) is 5.42. The van der Waals surface area contributed by atoms with Crippen molar-refractivity contribution in [3.8, 4) is 0 Å². The van der Waals surface area contributed by atoms with Gasteiger partial charge in [0.25, 0.3) is 0 Å². The molecule has 7 unspecified atom stereocenters. The normalized spacial score (nSPS) is 48.0. The molecule has 4 aliphatic rings. The molecule has 0 aromatic heterocycles. The molecule has 4 N–H and O–H groups in total. The van der Waals surface area contributed by atoms with E-state index in [9.17, 15) is 0 Å². The standard InChI is InChI=1S/C17H31N3O3/c1-20-8-5-11-9-13-15(23-10-22-13)16(21-2)14(11)17(20)19-12-3-6-18-7-4-12/h11-19H,3-10H2,1-2H3/p+2. The number of fused-ring (bicyclic) bond motifs is 2. The van der Waals surface area contributed by atoms with Gasteiger partial charge in [-0.15, -0.1) is 0 Å². The number of quaternary nitrogens is 2. The molecular weight excluding hydrogens is 294 g/mol. The molecule has 6 heteroatoms. The molecule has 132 valence electrons. The Balaban J connectivity index is 1.53. The van der Waals surface area contributed by atoms with Crippen LogP contribution in [-0.4, -0.2) is 71.1 Å². The minimum Gasteiger partial charge on any atom is -0.378 e. The van der Waals surface area contributed by atoms with Crippen molar-refractivity contribution in [1.82, 2.24) is 5.32 Å². The molecule has 7 atom stereocenters. The Morgan fingerprint density at radius 3 is 2.78 bits per heavy atom. The summed E-state index contributed by atoms with van der Waals surface area (Å²) in [5, 5.41) is 6.45. The SMILES string of the molecule is COC1C2OCOC2CC2CC[NH+](C)C(NC3CC[NH2+]CC3)C21. The highest BCUT2D eigenvalue weighted by molar-refractivity contribution is 4.99. The number of methoxy groups -OCH3 is 1. The first-order chi connectivity index (χ1) is 11.3. The second-order valence-corrected chi connectivity index (χ2v) is 7.90. The highest BCUT2D eigenvalue weighted by Gasteiger charge is 2.55. The number of hydrogen-bond acceptors (Lipinski definition) is 4. The van der Waals surface area contributed by atoms with Crippen molar-refractivity contribution >= 4 is 0 Å². The van der Waals surface area contributed by atoms with E-state index in [0.29, 0.717) is 30.8 Å². The molecule has 6 nitrogen and oxygen atoms in total. The molecule has 3 heterocycles. The van der Waals surface area contributed by atoms with Crippen LogP contribution in [0.2, 0.25) is 0 Å². The Morgan fingerprint density at radius 1 is 1.17 bits per heavy atom. The summed E-state index contributed by atoms with van der Waals surface area (Å²) in [6, 6.07) is 0.662. The lowest BCUT2D eigenvalue weighted by Gasteiger charge is -2.50. The van der Waals surface area contributed by atoms with Gasteiger partial charge in [0.1, 0.15) is 19.1 Å². The summed E-state index contributed by atoms with van der Waals surface area (Å²) in [4.78, 5) is 1.61. The van der Waals surface area contributed by atoms with Gasteiger partial charge in [0, 0.05) is 32.4 Å². The monoisotopic (exact) mass is 327 g/mol. The molecule has 3 saturated heterocycles. The first-order valence-corrected chi connectivity index (χ1v) is 9.44. The molecule has 3 aliphatic heterocycles. The lowest BCUT2D eigenvalue weighted by atomic mass is 9.69. The predicted molar refractivity (Wildman–Crippen MR) is 85.0 cm³/mol. The van der Waals surface area contributed by atoms with Crippen LogP contribution in [0.5, 0.6) is 0 Å². The molecule has 0 aromatic carbocycles. The van der Waals surface area contributed by atoms with Crippen molar-refractivity contribution in [3.63, 3.8) is 0 Å². The maximum Gasteiger partial charge on any atom is 0.147 e. The average Bonchev–Trinajstić information content (AvgIpc) is 3.04.